The van der Waals surface area contributed by atoms with Crippen LogP contribution in [-0.4, -0.2) is 27.6 Å². The highest BCUT2D eigenvalue weighted by atomic mass is 79.9. The summed E-state index contributed by atoms with van der Waals surface area (Å²) in [6, 6.07) is 1.83. The molecule has 4 nitrogen and oxygen atoms in total. The lowest BCUT2D eigenvalue weighted by atomic mass is 10.1. The molecule has 102 valence electrons. The highest BCUT2D eigenvalue weighted by Gasteiger charge is 2.12. The van der Waals surface area contributed by atoms with Gasteiger partial charge in [0.15, 0.2) is 0 Å². The van der Waals surface area contributed by atoms with E-state index < -0.39 is 0 Å². The van der Waals surface area contributed by atoms with E-state index in [1.807, 2.05) is 19.9 Å². The van der Waals surface area contributed by atoms with Gasteiger partial charge in [-0.25, -0.2) is 0 Å². The molecule has 1 N–H and O–H groups in total. The molecule has 0 saturated carbocycles. The third-order valence-electron chi connectivity index (χ3n) is 2.86. The van der Waals surface area contributed by atoms with Gasteiger partial charge in [-0.3, -0.25) is 9.48 Å². The molecule has 1 aromatic heterocycles. The number of alkyl halides is 1. The van der Waals surface area contributed by atoms with Gasteiger partial charge >= 0.3 is 0 Å². The molecule has 0 bridgehead atoms. The topological polar surface area (TPSA) is 46.9 Å². The lowest BCUT2D eigenvalue weighted by Crippen LogP contribution is -2.27. The number of rotatable bonds is 7. The molecule has 0 aliphatic heterocycles. The minimum atomic E-state index is -0.0241. The number of aryl methyl sites for hydroxylation is 2. The monoisotopic (exact) mass is 315 g/mol. The summed E-state index contributed by atoms with van der Waals surface area (Å²) < 4.78 is 1.74. The second kappa shape index (κ2) is 7.56. The third kappa shape index (κ3) is 4.44. The van der Waals surface area contributed by atoms with Crippen molar-refractivity contribution in [1.29, 1.82) is 0 Å². The van der Waals surface area contributed by atoms with Crippen LogP contribution >= 0.6 is 15.9 Å². The van der Waals surface area contributed by atoms with Crippen molar-refractivity contribution in [2.45, 2.75) is 40.2 Å². The number of amides is 1. The van der Waals surface area contributed by atoms with Crippen molar-refractivity contribution in [2.75, 3.05) is 11.9 Å². The van der Waals surface area contributed by atoms with Crippen LogP contribution in [0.15, 0.2) is 6.07 Å². The molecule has 0 aliphatic rings. The summed E-state index contributed by atoms with van der Waals surface area (Å²) in [4.78, 5) is 12.0. The smallest absolute Gasteiger partial charge is 0.269 e. The van der Waals surface area contributed by atoms with E-state index in [1.165, 1.54) is 0 Å². The summed E-state index contributed by atoms with van der Waals surface area (Å²) in [5, 5.41) is 8.24. The minimum Gasteiger partial charge on any atom is -0.351 e. The van der Waals surface area contributed by atoms with Crippen molar-refractivity contribution in [3.05, 3.63) is 17.5 Å². The van der Waals surface area contributed by atoms with Gasteiger partial charge in [0.25, 0.3) is 5.91 Å². The number of nitrogens with zero attached hydrogens (tertiary/aromatic N) is 2. The van der Waals surface area contributed by atoms with Crippen molar-refractivity contribution in [3.8, 4) is 0 Å². The first-order valence-corrected chi connectivity index (χ1v) is 7.59. The number of carbonyl (C=O) groups is 1. The predicted molar refractivity (Wildman–Crippen MR) is 77.2 cm³/mol. The van der Waals surface area contributed by atoms with Crippen LogP contribution in [0, 0.1) is 12.8 Å². The van der Waals surface area contributed by atoms with E-state index in [0.29, 0.717) is 11.6 Å². The zero-order valence-corrected chi connectivity index (χ0v) is 13.0. The quantitative estimate of drug-likeness (QED) is 0.621. The normalized spacial score (nSPS) is 12.4. The molecule has 1 atom stereocenters. The van der Waals surface area contributed by atoms with E-state index in [4.69, 9.17) is 0 Å². The molecular formula is C13H22BrN3O. The minimum absolute atomic E-state index is 0.0241. The predicted octanol–water partition coefficient (Wildman–Crippen LogP) is 2.75. The average molecular weight is 316 g/mol. The summed E-state index contributed by atoms with van der Waals surface area (Å²) >= 11 is 3.46. The molecule has 1 unspecified atom stereocenters. The largest absolute Gasteiger partial charge is 0.351 e. The van der Waals surface area contributed by atoms with Crippen LogP contribution in [0.1, 0.15) is 42.9 Å². The molecule has 5 heteroatoms. The molecule has 0 saturated heterocycles. The molecule has 0 fully saturated rings. The van der Waals surface area contributed by atoms with Crippen LogP contribution in [0.5, 0.6) is 0 Å². The van der Waals surface area contributed by atoms with E-state index in [2.05, 4.69) is 33.3 Å². The standard InChI is InChI=1S/C13H22BrN3O/c1-4-17-12(8-11(3)16-17)13(18)15-7-5-6-10(2)9-14/h8,10H,4-7,9H2,1-3H3,(H,15,18). The van der Waals surface area contributed by atoms with Gasteiger partial charge in [0.1, 0.15) is 5.69 Å². The Labute approximate surface area is 117 Å². The molecule has 1 amide bonds. The lowest BCUT2D eigenvalue weighted by molar-refractivity contribution is 0.0942. The number of aromatic nitrogens is 2. The lowest BCUT2D eigenvalue weighted by Gasteiger charge is -2.09. The molecular weight excluding hydrogens is 294 g/mol. The Hall–Kier alpha value is -0.840. The summed E-state index contributed by atoms with van der Waals surface area (Å²) in [5.41, 5.74) is 1.54. The van der Waals surface area contributed by atoms with Gasteiger partial charge in [-0.05, 0) is 38.7 Å². The molecule has 1 rings (SSSR count). The van der Waals surface area contributed by atoms with E-state index in [0.717, 1.165) is 37.0 Å². The van der Waals surface area contributed by atoms with Crippen LogP contribution in [0.4, 0.5) is 0 Å². The number of halogens is 1. The Morgan fingerprint density at radius 1 is 1.61 bits per heavy atom. The average Bonchev–Trinajstić information content (AvgIpc) is 2.75. The first-order chi connectivity index (χ1) is 8.58. The Morgan fingerprint density at radius 2 is 2.33 bits per heavy atom. The van der Waals surface area contributed by atoms with Gasteiger partial charge < -0.3 is 5.32 Å². The molecule has 0 aromatic carbocycles. The number of nitrogens with one attached hydrogen (secondary N) is 1. The van der Waals surface area contributed by atoms with Gasteiger partial charge in [-0.1, -0.05) is 22.9 Å². The summed E-state index contributed by atoms with van der Waals surface area (Å²) in [6.45, 7) is 7.54. The van der Waals surface area contributed by atoms with E-state index >= 15 is 0 Å². The highest BCUT2D eigenvalue weighted by molar-refractivity contribution is 9.09. The van der Waals surface area contributed by atoms with Gasteiger partial charge in [0, 0.05) is 18.4 Å². The van der Waals surface area contributed by atoms with Crippen molar-refractivity contribution in [3.63, 3.8) is 0 Å². The fraction of sp³-hybridized carbons (Fsp3) is 0.692. The van der Waals surface area contributed by atoms with Crippen LogP contribution in [-0.2, 0) is 6.54 Å². The maximum atomic E-state index is 12.0. The van der Waals surface area contributed by atoms with Gasteiger partial charge in [-0.2, -0.15) is 5.10 Å². The van der Waals surface area contributed by atoms with E-state index in [1.54, 1.807) is 4.68 Å². The SMILES string of the molecule is CCn1nc(C)cc1C(=O)NCCCC(C)CBr. The van der Waals surface area contributed by atoms with Crippen LogP contribution in [0.2, 0.25) is 0 Å². The van der Waals surface area contributed by atoms with Crippen LogP contribution in [0.25, 0.3) is 0 Å². The zero-order valence-electron chi connectivity index (χ0n) is 11.4. The van der Waals surface area contributed by atoms with Crippen LogP contribution < -0.4 is 5.32 Å². The van der Waals surface area contributed by atoms with Gasteiger partial charge in [0.2, 0.25) is 0 Å². The first kappa shape index (κ1) is 15.2. The zero-order chi connectivity index (χ0) is 13.5. The van der Waals surface area contributed by atoms with Crippen LogP contribution in [0.3, 0.4) is 0 Å². The Morgan fingerprint density at radius 3 is 2.94 bits per heavy atom. The van der Waals surface area contributed by atoms with Gasteiger partial charge in [-0.15, -0.1) is 0 Å². The summed E-state index contributed by atoms with van der Waals surface area (Å²) in [6.07, 6.45) is 2.13. The molecule has 0 spiro atoms. The maximum Gasteiger partial charge on any atom is 0.269 e. The van der Waals surface area contributed by atoms with E-state index in [9.17, 15) is 4.79 Å². The second-order valence-corrected chi connectivity index (χ2v) is 5.29. The van der Waals surface area contributed by atoms with Crippen molar-refractivity contribution in [2.24, 2.45) is 5.92 Å². The maximum absolute atomic E-state index is 12.0. The Balaban J connectivity index is 2.40. The first-order valence-electron chi connectivity index (χ1n) is 6.47. The summed E-state index contributed by atoms with van der Waals surface area (Å²) in [7, 11) is 0. The Kier molecular flexibility index (Phi) is 6.39. The Bertz CT molecular complexity index is 390. The third-order valence-corrected chi connectivity index (χ3v) is 3.96. The van der Waals surface area contributed by atoms with Crippen molar-refractivity contribution < 1.29 is 4.79 Å². The van der Waals surface area contributed by atoms with Crippen molar-refractivity contribution >= 4 is 21.8 Å². The van der Waals surface area contributed by atoms with Gasteiger partial charge in [0.05, 0.1) is 5.69 Å². The second-order valence-electron chi connectivity index (χ2n) is 4.64. The fourth-order valence-corrected chi connectivity index (χ4v) is 2.11. The highest BCUT2D eigenvalue weighted by Crippen LogP contribution is 2.08. The molecule has 1 heterocycles. The number of hydrogen-bond donors (Lipinski definition) is 1. The molecule has 0 aliphatic carbocycles. The van der Waals surface area contributed by atoms with Crippen molar-refractivity contribution in [1.82, 2.24) is 15.1 Å². The van der Waals surface area contributed by atoms with E-state index in [-0.39, 0.29) is 5.91 Å². The molecule has 18 heavy (non-hydrogen) atoms. The number of carbonyl (C=O) groups excluding carboxylic acids is 1. The molecule has 1 aromatic rings. The molecule has 0 radical (unpaired) electrons. The number of hydrogen-bond acceptors (Lipinski definition) is 2. The fourth-order valence-electron chi connectivity index (χ4n) is 1.79. The summed E-state index contributed by atoms with van der Waals surface area (Å²) in [5.74, 6) is 0.634.